The van der Waals surface area contributed by atoms with Crippen LogP contribution in [0.4, 0.5) is 0 Å². The van der Waals surface area contributed by atoms with E-state index >= 15 is 0 Å². The Bertz CT molecular complexity index is 651. The highest BCUT2D eigenvalue weighted by molar-refractivity contribution is 5.21. The van der Waals surface area contributed by atoms with Crippen LogP contribution in [0.15, 0.2) is 0 Å². The summed E-state index contributed by atoms with van der Waals surface area (Å²) in [5.41, 5.74) is -2.76. The highest BCUT2D eigenvalue weighted by Crippen LogP contribution is 2.68. The first-order chi connectivity index (χ1) is 14.0. The third-order valence-electron chi connectivity index (χ3n) is 9.48. The van der Waals surface area contributed by atoms with Crippen molar-refractivity contribution in [3.05, 3.63) is 0 Å². The zero-order valence-corrected chi connectivity index (χ0v) is 18.7. The largest absolute Gasteiger partial charge is 0.390 e. The summed E-state index contributed by atoms with van der Waals surface area (Å²) in [6.07, 6.45) is -1.57. The first kappa shape index (κ1) is 22.9. The van der Waals surface area contributed by atoms with E-state index < -0.39 is 42.1 Å². The van der Waals surface area contributed by atoms with Crippen molar-refractivity contribution in [2.45, 2.75) is 95.0 Å². The third-order valence-corrected chi connectivity index (χ3v) is 9.48. The topological polar surface area (TPSA) is 121 Å². The fourth-order valence-corrected chi connectivity index (χ4v) is 7.01. The number of hydrogen-bond donors (Lipinski definition) is 4. The minimum absolute atomic E-state index is 0.108. The Morgan fingerprint density at radius 3 is 2.27 bits per heavy atom. The van der Waals surface area contributed by atoms with E-state index in [2.05, 4.69) is 20.8 Å². The molecular formula is C22H38O8. The minimum atomic E-state index is -1.59. The zero-order chi connectivity index (χ0) is 22.1. The quantitative estimate of drug-likeness (QED) is 0.473. The Morgan fingerprint density at radius 1 is 1.03 bits per heavy atom. The molecule has 0 bridgehead atoms. The summed E-state index contributed by atoms with van der Waals surface area (Å²) < 4.78 is 21.9. The minimum Gasteiger partial charge on any atom is -0.390 e. The molecule has 174 valence electrons. The Morgan fingerprint density at radius 2 is 1.70 bits per heavy atom. The number of epoxide rings is 1. The maximum atomic E-state index is 11.3. The molecule has 4 aliphatic rings. The molecule has 0 aromatic heterocycles. The number of methoxy groups -OCH3 is 2. The normalized spacial score (nSPS) is 58.1. The van der Waals surface area contributed by atoms with Gasteiger partial charge in [-0.05, 0) is 49.4 Å². The first-order valence-electron chi connectivity index (χ1n) is 11.1. The summed E-state index contributed by atoms with van der Waals surface area (Å²) in [7, 11) is 2.86. The van der Waals surface area contributed by atoms with Crippen LogP contribution in [0, 0.1) is 22.7 Å². The van der Waals surface area contributed by atoms with Crippen molar-refractivity contribution in [3.63, 3.8) is 0 Å². The van der Waals surface area contributed by atoms with Crippen molar-refractivity contribution in [2.24, 2.45) is 22.7 Å². The van der Waals surface area contributed by atoms with Crippen molar-refractivity contribution in [1.29, 1.82) is 0 Å². The van der Waals surface area contributed by atoms with Gasteiger partial charge in [-0.2, -0.15) is 0 Å². The lowest BCUT2D eigenvalue weighted by atomic mass is 9.43. The van der Waals surface area contributed by atoms with Crippen LogP contribution in [-0.4, -0.2) is 83.3 Å². The molecule has 0 radical (unpaired) electrons. The fourth-order valence-electron chi connectivity index (χ4n) is 7.01. The lowest BCUT2D eigenvalue weighted by Gasteiger charge is -2.62. The summed E-state index contributed by atoms with van der Waals surface area (Å²) in [5, 5.41) is 43.4. The lowest BCUT2D eigenvalue weighted by Crippen LogP contribution is -2.65. The molecule has 4 N–H and O–H groups in total. The Kier molecular flexibility index (Phi) is 5.60. The van der Waals surface area contributed by atoms with E-state index in [1.54, 1.807) is 0 Å². The second-order valence-corrected chi connectivity index (χ2v) is 10.6. The van der Waals surface area contributed by atoms with E-state index in [1.807, 2.05) is 0 Å². The highest BCUT2D eigenvalue weighted by atomic mass is 16.8. The van der Waals surface area contributed by atoms with E-state index in [1.165, 1.54) is 14.2 Å². The number of aliphatic hydroxyl groups excluding tert-OH is 3. The van der Waals surface area contributed by atoms with Crippen molar-refractivity contribution in [2.75, 3.05) is 20.8 Å². The summed E-state index contributed by atoms with van der Waals surface area (Å²) in [5.74, 6) is 0.452. The van der Waals surface area contributed by atoms with Gasteiger partial charge in [0.1, 0.15) is 23.4 Å². The van der Waals surface area contributed by atoms with Crippen LogP contribution in [0.3, 0.4) is 0 Å². The van der Waals surface area contributed by atoms with Crippen molar-refractivity contribution >= 4 is 0 Å². The maximum absolute atomic E-state index is 11.3. The second kappa shape index (κ2) is 7.35. The summed E-state index contributed by atoms with van der Waals surface area (Å²) in [4.78, 5) is 0. The molecule has 0 amide bonds. The fraction of sp³-hybridized carbons (Fsp3) is 1.00. The van der Waals surface area contributed by atoms with Crippen LogP contribution in [-0.2, 0) is 18.9 Å². The lowest BCUT2D eigenvalue weighted by molar-refractivity contribution is -0.225. The smallest absolute Gasteiger partial charge is 0.191 e. The molecule has 2 aliphatic heterocycles. The Labute approximate surface area is 178 Å². The van der Waals surface area contributed by atoms with Gasteiger partial charge in [-0.3, -0.25) is 0 Å². The average molecular weight is 431 g/mol. The number of fused-ring (bicyclic) bond motifs is 2. The van der Waals surface area contributed by atoms with Gasteiger partial charge in [0.15, 0.2) is 12.6 Å². The number of rotatable bonds is 5. The predicted molar refractivity (Wildman–Crippen MR) is 106 cm³/mol. The molecule has 1 spiro atoms. The molecule has 0 aromatic carbocycles. The van der Waals surface area contributed by atoms with Gasteiger partial charge >= 0.3 is 0 Å². The monoisotopic (exact) mass is 430 g/mol. The summed E-state index contributed by atoms with van der Waals surface area (Å²) >= 11 is 0. The van der Waals surface area contributed by atoms with Gasteiger partial charge in [-0.1, -0.05) is 20.8 Å². The number of ether oxygens (including phenoxy) is 4. The van der Waals surface area contributed by atoms with Crippen LogP contribution < -0.4 is 0 Å². The van der Waals surface area contributed by atoms with Crippen LogP contribution in [0.2, 0.25) is 0 Å². The summed E-state index contributed by atoms with van der Waals surface area (Å²) in [6, 6.07) is 0. The standard InChI is InChI=1S/C22H38O8/c1-12-6-7-20(3)14(10-13(23)15(24)22(20)11-29-22)19(12,2)8-9-21(26)16(25)17(27-4)30-18(21)28-5/h12-18,23-26H,6-11H2,1-5H3/t12-,13+,14-,15+,16-,17-,18+,19-,20-,21+,22+/m1/s1. The van der Waals surface area contributed by atoms with E-state index in [9.17, 15) is 20.4 Å². The van der Waals surface area contributed by atoms with Crippen LogP contribution in [0.1, 0.15) is 52.9 Å². The van der Waals surface area contributed by atoms with Crippen LogP contribution in [0.5, 0.6) is 0 Å². The summed E-state index contributed by atoms with van der Waals surface area (Å²) in [6.45, 7) is 7.09. The Hall–Kier alpha value is -0.320. The maximum Gasteiger partial charge on any atom is 0.191 e. The van der Waals surface area contributed by atoms with Crippen molar-refractivity contribution in [3.8, 4) is 0 Å². The molecule has 8 nitrogen and oxygen atoms in total. The van der Waals surface area contributed by atoms with Gasteiger partial charge < -0.3 is 39.4 Å². The number of hydrogen-bond acceptors (Lipinski definition) is 8. The molecule has 2 aliphatic carbocycles. The second-order valence-electron chi connectivity index (χ2n) is 10.6. The molecule has 8 heteroatoms. The average Bonchev–Trinajstić information content (AvgIpc) is 3.49. The number of aliphatic hydroxyl groups is 4. The van der Waals surface area contributed by atoms with E-state index in [0.717, 1.165) is 12.8 Å². The van der Waals surface area contributed by atoms with Gasteiger partial charge in [-0.15, -0.1) is 0 Å². The predicted octanol–water partition coefficient (Wildman–Crippen LogP) is 0.787. The molecule has 30 heavy (non-hydrogen) atoms. The van der Waals surface area contributed by atoms with Gasteiger partial charge in [0.25, 0.3) is 0 Å². The van der Waals surface area contributed by atoms with Crippen molar-refractivity contribution in [1.82, 2.24) is 0 Å². The first-order valence-corrected chi connectivity index (χ1v) is 11.1. The molecular weight excluding hydrogens is 392 g/mol. The molecule has 2 saturated heterocycles. The molecule has 0 aromatic rings. The molecule has 4 rings (SSSR count). The van der Waals surface area contributed by atoms with E-state index in [0.29, 0.717) is 25.4 Å². The Balaban J connectivity index is 1.61. The van der Waals surface area contributed by atoms with Gasteiger partial charge in [-0.25, -0.2) is 0 Å². The third kappa shape index (κ3) is 2.88. The SMILES string of the molecule is CO[C@@H]1O[C@H](OC)[C@](O)(CC[C@]2(C)[C@H](C)CC[C@]3(C)[C@@H]2C[C@H](O)[C@H](O)[C@@]32CO2)[C@@H]1O. The van der Waals surface area contributed by atoms with Gasteiger partial charge in [0.2, 0.25) is 0 Å². The molecule has 2 heterocycles. The molecule has 4 fully saturated rings. The van der Waals surface area contributed by atoms with E-state index in [-0.39, 0.29) is 23.2 Å². The van der Waals surface area contributed by atoms with Crippen molar-refractivity contribution < 1.29 is 39.4 Å². The molecule has 11 atom stereocenters. The zero-order valence-electron chi connectivity index (χ0n) is 18.7. The van der Waals surface area contributed by atoms with Crippen LogP contribution >= 0.6 is 0 Å². The highest BCUT2D eigenvalue weighted by Gasteiger charge is 2.73. The molecule has 2 saturated carbocycles. The van der Waals surface area contributed by atoms with E-state index in [4.69, 9.17) is 18.9 Å². The van der Waals surface area contributed by atoms with Crippen LogP contribution in [0.25, 0.3) is 0 Å². The van der Waals surface area contributed by atoms with Gasteiger partial charge in [0.05, 0.1) is 12.7 Å². The van der Waals surface area contributed by atoms with Gasteiger partial charge in [0, 0.05) is 19.6 Å². The molecule has 0 unspecified atom stereocenters.